The Balaban J connectivity index is 2.02. The van der Waals surface area contributed by atoms with Crippen LogP contribution in [0.5, 0.6) is 0 Å². The first kappa shape index (κ1) is 13.3. The second-order valence-corrected chi connectivity index (χ2v) is 5.80. The maximum Gasteiger partial charge on any atom is 0.307 e. The highest BCUT2D eigenvalue weighted by Gasteiger charge is 2.43. The van der Waals surface area contributed by atoms with Gasteiger partial charge in [-0.3, -0.25) is 9.59 Å². The van der Waals surface area contributed by atoms with Crippen molar-refractivity contribution in [2.45, 2.75) is 26.2 Å². The van der Waals surface area contributed by atoms with Crippen LogP contribution in [0.4, 0.5) is 0 Å². The number of carbonyl (C=O) groups is 2. The second kappa shape index (κ2) is 5.26. The Kier molecular flexibility index (Phi) is 3.90. The lowest BCUT2D eigenvalue weighted by Crippen LogP contribution is -2.38. The summed E-state index contributed by atoms with van der Waals surface area (Å²) in [4.78, 5) is 25.4. The number of carboxylic acid groups (broad SMARTS) is 1. The average Bonchev–Trinajstić information content (AvgIpc) is 2.94. The molecular weight excluding hydrogens is 232 g/mol. The zero-order valence-corrected chi connectivity index (χ0v) is 10.8. The highest BCUT2D eigenvalue weighted by molar-refractivity contribution is 5.85. The van der Waals surface area contributed by atoms with Crippen LogP contribution in [0.25, 0.3) is 0 Å². The van der Waals surface area contributed by atoms with Crippen molar-refractivity contribution in [3.8, 4) is 0 Å². The predicted octanol–water partition coefficient (Wildman–Crippen LogP) is 0.541. The fourth-order valence-corrected chi connectivity index (χ4v) is 3.30. The molecule has 1 heterocycles. The molecule has 2 aliphatic rings. The minimum atomic E-state index is -0.827. The van der Waals surface area contributed by atoms with Crippen molar-refractivity contribution in [1.29, 1.82) is 0 Å². The van der Waals surface area contributed by atoms with E-state index < -0.39 is 11.9 Å². The van der Waals surface area contributed by atoms with Crippen LogP contribution < -0.4 is 5.73 Å². The first-order valence-corrected chi connectivity index (χ1v) is 6.74. The summed E-state index contributed by atoms with van der Waals surface area (Å²) in [5.74, 6) is -0.905. The number of nitrogens with zero attached hydrogens (tertiary/aromatic N) is 1. The molecule has 1 amide bonds. The summed E-state index contributed by atoms with van der Waals surface area (Å²) < 4.78 is 0. The van der Waals surface area contributed by atoms with Crippen molar-refractivity contribution in [2.24, 2.45) is 29.4 Å². The van der Waals surface area contributed by atoms with E-state index in [0.717, 1.165) is 13.0 Å². The molecule has 0 radical (unpaired) electrons. The van der Waals surface area contributed by atoms with Crippen molar-refractivity contribution >= 4 is 11.9 Å². The van der Waals surface area contributed by atoms with E-state index in [-0.39, 0.29) is 11.8 Å². The van der Waals surface area contributed by atoms with Gasteiger partial charge in [-0.25, -0.2) is 0 Å². The summed E-state index contributed by atoms with van der Waals surface area (Å²) in [6, 6.07) is 0. The van der Waals surface area contributed by atoms with Gasteiger partial charge in [0.25, 0.3) is 0 Å². The summed E-state index contributed by atoms with van der Waals surface area (Å²) in [6.45, 7) is 4.06. The molecule has 0 aromatic heterocycles. The minimum absolute atomic E-state index is 0.0303. The smallest absolute Gasteiger partial charge is 0.307 e. The molecule has 5 nitrogen and oxygen atoms in total. The van der Waals surface area contributed by atoms with Gasteiger partial charge in [-0.2, -0.15) is 0 Å². The Morgan fingerprint density at radius 3 is 2.56 bits per heavy atom. The van der Waals surface area contributed by atoms with Crippen molar-refractivity contribution in [3.63, 3.8) is 0 Å². The fraction of sp³-hybridized carbons (Fsp3) is 0.846. The molecule has 1 aliphatic carbocycles. The molecule has 3 N–H and O–H groups in total. The zero-order chi connectivity index (χ0) is 13.3. The maximum absolute atomic E-state index is 12.4. The lowest BCUT2D eigenvalue weighted by Gasteiger charge is -2.23. The molecule has 4 unspecified atom stereocenters. The molecule has 1 saturated carbocycles. The summed E-state index contributed by atoms with van der Waals surface area (Å²) in [6.07, 6.45) is 2.28. The van der Waals surface area contributed by atoms with E-state index in [4.69, 9.17) is 5.73 Å². The molecule has 1 saturated heterocycles. The number of hydrogen-bond acceptors (Lipinski definition) is 3. The zero-order valence-electron chi connectivity index (χ0n) is 10.8. The van der Waals surface area contributed by atoms with Crippen LogP contribution in [0.15, 0.2) is 0 Å². The monoisotopic (exact) mass is 254 g/mol. The third-order valence-electron chi connectivity index (χ3n) is 4.36. The summed E-state index contributed by atoms with van der Waals surface area (Å²) in [5, 5.41) is 9.20. The normalized spacial score (nSPS) is 36.0. The molecule has 0 aromatic rings. The molecule has 0 spiro atoms. The Hall–Kier alpha value is -1.10. The van der Waals surface area contributed by atoms with Gasteiger partial charge in [0.05, 0.1) is 11.8 Å². The standard InChI is InChI=1S/C13H22N2O3/c1-8-4-10(11(5-8)13(17)18)12(16)15-3-2-9(6-14)7-15/h8-11H,2-7,14H2,1H3,(H,17,18). The lowest BCUT2D eigenvalue weighted by molar-refractivity contribution is -0.148. The van der Waals surface area contributed by atoms with Gasteiger partial charge in [0, 0.05) is 13.1 Å². The molecule has 2 fully saturated rings. The average molecular weight is 254 g/mol. The molecule has 18 heavy (non-hydrogen) atoms. The first-order valence-electron chi connectivity index (χ1n) is 6.74. The van der Waals surface area contributed by atoms with Gasteiger partial charge in [0.2, 0.25) is 5.91 Å². The number of aliphatic carboxylic acids is 1. The Morgan fingerprint density at radius 1 is 1.33 bits per heavy atom. The Bertz CT molecular complexity index is 345. The van der Waals surface area contributed by atoms with Crippen molar-refractivity contribution in [2.75, 3.05) is 19.6 Å². The molecule has 0 aromatic carbocycles. The predicted molar refractivity (Wildman–Crippen MR) is 66.8 cm³/mol. The van der Waals surface area contributed by atoms with Gasteiger partial charge in [-0.15, -0.1) is 0 Å². The Morgan fingerprint density at radius 2 is 2.00 bits per heavy atom. The van der Waals surface area contributed by atoms with Crippen LogP contribution in [-0.2, 0) is 9.59 Å². The van der Waals surface area contributed by atoms with Crippen LogP contribution >= 0.6 is 0 Å². The number of likely N-dealkylation sites (tertiary alicyclic amines) is 1. The van der Waals surface area contributed by atoms with Crippen LogP contribution in [0.1, 0.15) is 26.2 Å². The van der Waals surface area contributed by atoms with Crippen LogP contribution in [0, 0.1) is 23.7 Å². The Labute approximate surface area is 107 Å². The van der Waals surface area contributed by atoms with Gasteiger partial charge in [-0.1, -0.05) is 6.92 Å². The molecule has 1 aliphatic heterocycles. The number of nitrogens with two attached hydrogens (primary N) is 1. The number of hydrogen-bond donors (Lipinski definition) is 2. The summed E-state index contributed by atoms with van der Waals surface area (Å²) in [5.41, 5.74) is 5.62. The number of rotatable bonds is 3. The van der Waals surface area contributed by atoms with E-state index in [1.54, 1.807) is 0 Å². The van der Waals surface area contributed by atoms with Gasteiger partial charge >= 0.3 is 5.97 Å². The third-order valence-corrected chi connectivity index (χ3v) is 4.36. The lowest BCUT2D eigenvalue weighted by atomic mass is 9.95. The van der Waals surface area contributed by atoms with E-state index in [1.165, 1.54) is 0 Å². The van der Waals surface area contributed by atoms with E-state index in [1.807, 2.05) is 11.8 Å². The molecule has 5 heteroatoms. The highest BCUT2D eigenvalue weighted by Crippen LogP contribution is 2.38. The molecule has 102 valence electrons. The SMILES string of the molecule is CC1CC(C(=O)O)C(C(=O)N2CCC(CN)C2)C1. The summed E-state index contributed by atoms with van der Waals surface area (Å²) in [7, 11) is 0. The van der Waals surface area contributed by atoms with Gasteiger partial charge in [0.1, 0.15) is 0 Å². The summed E-state index contributed by atoms with van der Waals surface area (Å²) >= 11 is 0. The number of amides is 1. The number of carboxylic acids is 1. The second-order valence-electron chi connectivity index (χ2n) is 5.80. The van der Waals surface area contributed by atoms with E-state index in [2.05, 4.69) is 0 Å². The van der Waals surface area contributed by atoms with Crippen LogP contribution in [0.2, 0.25) is 0 Å². The van der Waals surface area contributed by atoms with Gasteiger partial charge < -0.3 is 15.7 Å². The molecule has 0 bridgehead atoms. The van der Waals surface area contributed by atoms with Gasteiger partial charge in [0.15, 0.2) is 0 Å². The molecule has 4 atom stereocenters. The highest BCUT2D eigenvalue weighted by atomic mass is 16.4. The van der Waals surface area contributed by atoms with Crippen molar-refractivity contribution in [3.05, 3.63) is 0 Å². The van der Waals surface area contributed by atoms with Crippen LogP contribution in [-0.4, -0.2) is 41.5 Å². The van der Waals surface area contributed by atoms with Crippen LogP contribution in [0.3, 0.4) is 0 Å². The van der Waals surface area contributed by atoms with E-state index in [0.29, 0.717) is 37.8 Å². The third kappa shape index (κ3) is 2.51. The molecule has 2 rings (SSSR count). The molecular formula is C13H22N2O3. The largest absolute Gasteiger partial charge is 0.481 e. The maximum atomic E-state index is 12.4. The first-order chi connectivity index (χ1) is 8.52. The number of carbonyl (C=O) groups excluding carboxylic acids is 1. The minimum Gasteiger partial charge on any atom is -0.481 e. The van der Waals surface area contributed by atoms with Gasteiger partial charge in [-0.05, 0) is 37.6 Å². The topological polar surface area (TPSA) is 83.6 Å². The quantitative estimate of drug-likeness (QED) is 0.770. The van der Waals surface area contributed by atoms with Crippen molar-refractivity contribution < 1.29 is 14.7 Å². The fourth-order valence-electron chi connectivity index (χ4n) is 3.30. The van der Waals surface area contributed by atoms with E-state index >= 15 is 0 Å². The van der Waals surface area contributed by atoms with Crippen molar-refractivity contribution in [1.82, 2.24) is 4.90 Å². The van der Waals surface area contributed by atoms with E-state index in [9.17, 15) is 14.7 Å².